The van der Waals surface area contributed by atoms with Crippen molar-refractivity contribution >= 4 is 17.2 Å². The van der Waals surface area contributed by atoms with Gasteiger partial charge in [-0.2, -0.15) is 0 Å². The molecule has 0 unspecified atom stereocenters. The normalized spacial score (nSPS) is 11.7. The molecular formula is C14H13NO3. The molecule has 4 nitrogen and oxygen atoms in total. The average Bonchev–Trinajstić information content (AvgIpc) is 2.37. The predicted octanol–water partition coefficient (Wildman–Crippen LogP) is 3.05. The van der Waals surface area contributed by atoms with Crippen LogP contribution in [0.25, 0.3) is 17.2 Å². The van der Waals surface area contributed by atoms with Crippen LogP contribution in [0.5, 0.6) is 0 Å². The van der Waals surface area contributed by atoms with E-state index in [-0.39, 0.29) is 11.5 Å². The highest BCUT2D eigenvalue weighted by atomic mass is 16.4. The standard InChI is InChI=1S/C14H13NO3/c1-2-3-6-10(16)9-12-14(17)18-13-8-5-4-7-11(13)15-12/h2,4-5,7-9,16H,1,3,6H2/b10-9-. The van der Waals surface area contributed by atoms with Crippen LogP contribution in [0.15, 0.2) is 51.9 Å². The summed E-state index contributed by atoms with van der Waals surface area (Å²) in [5, 5.41) is 9.62. The summed E-state index contributed by atoms with van der Waals surface area (Å²) < 4.78 is 5.10. The fourth-order valence-corrected chi connectivity index (χ4v) is 1.53. The van der Waals surface area contributed by atoms with E-state index in [2.05, 4.69) is 11.6 Å². The first-order valence-corrected chi connectivity index (χ1v) is 5.61. The molecule has 0 aliphatic carbocycles. The van der Waals surface area contributed by atoms with E-state index in [1.165, 1.54) is 6.08 Å². The van der Waals surface area contributed by atoms with Gasteiger partial charge in [-0.05, 0) is 18.6 Å². The van der Waals surface area contributed by atoms with Crippen molar-refractivity contribution in [3.05, 3.63) is 58.8 Å². The lowest BCUT2D eigenvalue weighted by molar-refractivity contribution is 0.394. The Kier molecular flexibility index (Phi) is 3.57. The predicted molar refractivity (Wildman–Crippen MR) is 70.3 cm³/mol. The molecular weight excluding hydrogens is 230 g/mol. The minimum absolute atomic E-state index is 0.0879. The molecule has 1 heterocycles. The Labute approximate surface area is 104 Å². The summed E-state index contributed by atoms with van der Waals surface area (Å²) in [6.07, 6.45) is 4.10. The Morgan fingerprint density at radius 1 is 1.44 bits per heavy atom. The number of hydrogen-bond acceptors (Lipinski definition) is 4. The SMILES string of the molecule is C=CCC/C(O)=C/c1nc2ccccc2oc1=O. The second-order valence-corrected chi connectivity index (χ2v) is 3.82. The quantitative estimate of drug-likeness (QED) is 0.662. The molecule has 1 N–H and O–H groups in total. The van der Waals surface area contributed by atoms with Crippen LogP contribution < -0.4 is 5.63 Å². The van der Waals surface area contributed by atoms with Crippen molar-refractivity contribution in [1.82, 2.24) is 4.98 Å². The number of para-hydroxylation sites is 2. The lowest BCUT2D eigenvalue weighted by Gasteiger charge is -1.99. The summed E-state index contributed by atoms with van der Waals surface area (Å²) in [4.78, 5) is 15.8. The van der Waals surface area contributed by atoms with Crippen LogP contribution in [-0.2, 0) is 0 Å². The Bertz CT molecular complexity index is 655. The zero-order valence-corrected chi connectivity index (χ0v) is 9.80. The maximum atomic E-state index is 11.6. The molecule has 0 radical (unpaired) electrons. The van der Waals surface area contributed by atoms with Crippen LogP contribution in [0.2, 0.25) is 0 Å². The van der Waals surface area contributed by atoms with Gasteiger partial charge < -0.3 is 9.52 Å². The molecule has 0 aliphatic heterocycles. The Morgan fingerprint density at radius 2 is 2.22 bits per heavy atom. The van der Waals surface area contributed by atoms with Crippen LogP contribution in [0.1, 0.15) is 18.5 Å². The fourth-order valence-electron chi connectivity index (χ4n) is 1.53. The van der Waals surface area contributed by atoms with E-state index >= 15 is 0 Å². The highest BCUT2D eigenvalue weighted by Gasteiger charge is 2.05. The summed E-state index contributed by atoms with van der Waals surface area (Å²) in [6, 6.07) is 7.00. The van der Waals surface area contributed by atoms with Crippen molar-refractivity contribution in [3.8, 4) is 0 Å². The highest BCUT2D eigenvalue weighted by molar-refractivity contribution is 5.72. The molecule has 1 aromatic heterocycles. The molecule has 0 saturated carbocycles. The third-order valence-corrected chi connectivity index (χ3v) is 2.43. The minimum Gasteiger partial charge on any atom is -0.512 e. The zero-order chi connectivity index (χ0) is 13.0. The monoisotopic (exact) mass is 243 g/mol. The third kappa shape index (κ3) is 2.66. The maximum Gasteiger partial charge on any atom is 0.362 e. The number of aromatic nitrogens is 1. The molecule has 4 heteroatoms. The summed E-state index contributed by atoms with van der Waals surface area (Å²) in [7, 11) is 0. The number of hydrogen-bond donors (Lipinski definition) is 1. The minimum atomic E-state index is -0.557. The van der Waals surface area contributed by atoms with E-state index in [0.29, 0.717) is 23.9 Å². The first-order valence-electron chi connectivity index (χ1n) is 5.61. The van der Waals surface area contributed by atoms with Gasteiger partial charge in [-0.25, -0.2) is 9.78 Å². The van der Waals surface area contributed by atoms with E-state index in [1.807, 2.05) is 0 Å². The van der Waals surface area contributed by atoms with Gasteiger partial charge in [0.15, 0.2) is 11.3 Å². The van der Waals surface area contributed by atoms with Crippen LogP contribution in [-0.4, -0.2) is 10.1 Å². The number of aliphatic hydroxyl groups excluding tert-OH is 1. The van der Waals surface area contributed by atoms with E-state index in [0.717, 1.165) is 0 Å². The van der Waals surface area contributed by atoms with E-state index in [9.17, 15) is 9.90 Å². The van der Waals surface area contributed by atoms with Crippen molar-refractivity contribution in [3.63, 3.8) is 0 Å². The zero-order valence-electron chi connectivity index (χ0n) is 9.80. The molecule has 0 saturated heterocycles. The van der Waals surface area contributed by atoms with Gasteiger partial charge in [0.05, 0.1) is 5.76 Å². The molecule has 0 spiro atoms. The van der Waals surface area contributed by atoms with Gasteiger partial charge in [0.1, 0.15) is 5.52 Å². The summed E-state index contributed by atoms with van der Waals surface area (Å²) in [5.41, 5.74) is 0.569. The molecule has 0 aliphatic rings. The molecule has 92 valence electrons. The van der Waals surface area contributed by atoms with Gasteiger partial charge in [0.2, 0.25) is 0 Å². The Morgan fingerprint density at radius 3 is 3.00 bits per heavy atom. The van der Waals surface area contributed by atoms with E-state index < -0.39 is 5.63 Å². The van der Waals surface area contributed by atoms with Crippen molar-refractivity contribution in [2.45, 2.75) is 12.8 Å². The number of benzene rings is 1. The van der Waals surface area contributed by atoms with Gasteiger partial charge in [-0.1, -0.05) is 18.2 Å². The van der Waals surface area contributed by atoms with Gasteiger partial charge in [-0.15, -0.1) is 6.58 Å². The third-order valence-electron chi connectivity index (χ3n) is 2.43. The average molecular weight is 243 g/mol. The topological polar surface area (TPSA) is 63.3 Å². The maximum absolute atomic E-state index is 11.6. The number of fused-ring (bicyclic) bond motifs is 1. The lowest BCUT2D eigenvalue weighted by Crippen LogP contribution is -2.06. The first kappa shape index (κ1) is 12.1. The molecule has 2 aromatic rings. The number of allylic oxidation sites excluding steroid dienone is 2. The second-order valence-electron chi connectivity index (χ2n) is 3.82. The van der Waals surface area contributed by atoms with Gasteiger partial charge in [-0.3, -0.25) is 0 Å². The molecule has 2 rings (SSSR count). The van der Waals surface area contributed by atoms with E-state index in [1.54, 1.807) is 30.3 Å². The van der Waals surface area contributed by atoms with Crippen LogP contribution in [0, 0.1) is 0 Å². The molecule has 18 heavy (non-hydrogen) atoms. The van der Waals surface area contributed by atoms with Crippen LogP contribution >= 0.6 is 0 Å². The number of nitrogens with zero attached hydrogens (tertiary/aromatic N) is 1. The summed E-state index contributed by atoms with van der Waals surface area (Å²) in [6.45, 7) is 3.56. The fraction of sp³-hybridized carbons (Fsp3) is 0.143. The van der Waals surface area contributed by atoms with E-state index in [4.69, 9.17) is 4.42 Å². The van der Waals surface area contributed by atoms with Crippen molar-refractivity contribution in [2.75, 3.05) is 0 Å². The molecule has 0 fully saturated rings. The summed E-state index contributed by atoms with van der Waals surface area (Å²) >= 11 is 0. The molecule has 0 bridgehead atoms. The molecule has 0 atom stereocenters. The van der Waals surface area contributed by atoms with Crippen molar-refractivity contribution in [1.29, 1.82) is 0 Å². The molecule has 1 aromatic carbocycles. The van der Waals surface area contributed by atoms with Crippen LogP contribution in [0.3, 0.4) is 0 Å². The van der Waals surface area contributed by atoms with Crippen LogP contribution in [0.4, 0.5) is 0 Å². The first-order chi connectivity index (χ1) is 8.70. The van der Waals surface area contributed by atoms with Crippen molar-refractivity contribution < 1.29 is 9.52 Å². The Hall–Kier alpha value is -2.36. The second kappa shape index (κ2) is 5.31. The number of rotatable bonds is 4. The van der Waals surface area contributed by atoms with Crippen molar-refractivity contribution in [2.24, 2.45) is 0 Å². The van der Waals surface area contributed by atoms with Gasteiger partial charge in [0.25, 0.3) is 0 Å². The largest absolute Gasteiger partial charge is 0.512 e. The Balaban J connectivity index is 2.42. The smallest absolute Gasteiger partial charge is 0.362 e. The van der Waals surface area contributed by atoms with Gasteiger partial charge >= 0.3 is 5.63 Å². The lowest BCUT2D eigenvalue weighted by atomic mass is 10.2. The summed E-state index contributed by atoms with van der Waals surface area (Å²) in [5.74, 6) is 0.0879. The molecule has 0 amide bonds. The van der Waals surface area contributed by atoms with Gasteiger partial charge in [0, 0.05) is 12.5 Å². The number of aliphatic hydroxyl groups is 1. The highest BCUT2D eigenvalue weighted by Crippen LogP contribution is 2.11.